The van der Waals surface area contributed by atoms with Crippen LogP contribution < -0.4 is 4.72 Å². The Balaban J connectivity index is 2.16. The van der Waals surface area contributed by atoms with Gasteiger partial charge < -0.3 is 5.11 Å². The van der Waals surface area contributed by atoms with Gasteiger partial charge in [0.1, 0.15) is 0 Å². The van der Waals surface area contributed by atoms with E-state index >= 15 is 0 Å². The van der Waals surface area contributed by atoms with Crippen LogP contribution in [0, 0.1) is 0 Å². The number of hydrogen-bond acceptors (Lipinski definition) is 4. The monoisotopic (exact) mass is 292 g/mol. The van der Waals surface area contributed by atoms with Gasteiger partial charge in [-0.15, -0.1) is 0 Å². The highest BCUT2D eigenvalue weighted by Crippen LogP contribution is 2.17. The van der Waals surface area contributed by atoms with Crippen LogP contribution in [0.2, 0.25) is 0 Å². The minimum absolute atomic E-state index is 0.127. The second kappa shape index (κ2) is 6.13. The van der Waals surface area contributed by atoms with E-state index in [1.54, 1.807) is 43.5 Å². The Hall–Kier alpha value is -1.76. The number of nitrogens with zero attached hydrogens (tertiary/aromatic N) is 1. The summed E-state index contributed by atoms with van der Waals surface area (Å²) in [6.45, 7) is 1.72. The second-order valence-electron chi connectivity index (χ2n) is 4.39. The van der Waals surface area contributed by atoms with Crippen LogP contribution in [0.15, 0.2) is 53.6 Å². The standard InChI is InChI=1S/C14H16N2O3S/c1-11(17)12-5-4-7-14(9-12)20(18,19)16-10-13-6-2-3-8-15-13/h2-9,11,16-17H,10H2,1H3. The van der Waals surface area contributed by atoms with E-state index < -0.39 is 16.1 Å². The predicted octanol–water partition coefficient (Wildman–Crippen LogP) is 1.61. The minimum Gasteiger partial charge on any atom is -0.389 e. The van der Waals surface area contributed by atoms with Crippen molar-refractivity contribution >= 4 is 10.0 Å². The van der Waals surface area contributed by atoms with Gasteiger partial charge in [0.15, 0.2) is 0 Å². The molecule has 0 aliphatic carbocycles. The number of benzene rings is 1. The molecular weight excluding hydrogens is 276 g/mol. The lowest BCUT2D eigenvalue weighted by atomic mass is 10.1. The van der Waals surface area contributed by atoms with Gasteiger partial charge in [-0.2, -0.15) is 0 Å². The first-order chi connectivity index (χ1) is 9.49. The minimum atomic E-state index is -3.62. The molecule has 1 atom stereocenters. The molecule has 106 valence electrons. The zero-order chi connectivity index (χ0) is 14.6. The van der Waals surface area contributed by atoms with E-state index in [2.05, 4.69) is 9.71 Å². The lowest BCUT2D eigenvalue weighted by Gasteiger charge is -2.09. The number of pyridine rings is 1. The molecule has 1 aromatic carbocycles. The lowest BCUT2D eigenvalue weighted by molar-refractivity contribution is 0.199. The van der Waals surface area contributed by atoms with Crippen molar-refractivity contribution in [1.29, 1.82) is 0 Å². The van der Waals surface area contributed by atoms with Crippen molar-refractivity contribution in [2.75, 3.05) is 0 Å². The van der Waals surface area contributed by atoms with Crippen molar-refractivity contribution in [3.05, 3.63) is 59.9 Å². The number of aliphatic hydroxyl groups excluding tert-OH is 1. The van der Waals surface area contributed by atoms with Crippen LogP contribution in [-0.2, 0) is 16.6 Å². The Morgan fingerprint density at radius 2 is 2.05 bits per heavy atom. The summed E-state index contributed by atoms with van der Waals surface area (Å²) in [5, 5.41) is 9.50. The Kier molecular flexibility index (Phi) is 4.49. The van der Waals surface area contributed by atoms with Crippen molar-refractivity contribution in [1.82, 2.24) is 9.71 Å². The van der Waals surface area contributed by atoms with Crippen LogP contribution in [0.5, 0.6) is 0 Å². The normalized spacial score (nSPS) is 13.1. The molecule has 1 heterocycles. The maximum Gasteiger partial charge on any atom is 0.240 e. The third-order valence-corrected chi connectivity index (χ3v) is 4.22. The number of hydrogen-bond donors (Lipinski definition) is 2. The first-order valence-electron chi connectivity index (χ1n) is 6.16. The molecule has 20 heavy (non-hydrogen) atoms. The highest BCUT2D eigenvalue weighted by Gasteiger charge is 2.15. The quantitative estimate of drug-likeness (QED) is 0.877. The Bertz CT molecular complexity index is 670. The molecule has 0 amide bonds. The van der Waals surface area contributed by atoms with Crippen LogP contribution in [0.1, 0.15) is 24.3 Å². The van der Waals surface area contributed by atoms with Crippen molar-refractivity contribution in [3.63, 3.8) is 0 Å². The number of aromatic nitrogens is 1. The van der Waals surface area contributed by atoms with Crippen LogP contribution in [0.3, 0.4) is 0 Å². The summed E-state index contributed by atoms with van der Waals surface area (Å²) >= 11 is 0. The molecule has 2 rings (SSSR count). The highest BCUT2D eigenvalue weighted by atomic mass is 32.2. The van der Waals surface area contributed by atoms with Gasteiger partial charge in [-0.05, 0) is 36.8 Å². The second-order valence-corrected chi connectivity index (χ2v) is 6.16. The van der Waals surface area contributed by atoms with Crippen molar-refractivity contribution in [2.45, 2.75) is 24.5 Å². The molecule has 0 bridgehead atoms. The molecule has 0 saturated heterocycles. The van der Waals surface area contributed by atoms with Gasteiger partial charge in [0, 0.05) is 6.20 Å². The van der Waals surface area contributed by atoms with Gasteiger partial charge in [-0.3, -0.25) is 4.98 Å². The summed E-state index contributed by atoms with van der Waals surface area (Å²) in [7, 11) is -3.62. The summed E-state index contributed by atoms with van der Waals surface area (Å²) in [6, 6.07) is 11.6. The maximum atomic E-state index is 12.2. The molecule has 0 aliphatic heterocycles. The Morgan fingerprint density at radius 3 is 2.70 bits per heavy atom. The van der Waals surface area contributed by atoms with Crippen LogP contribution in [-0.4, -0.2) is 18.5 Å². The largest absolute Gasteiger partial charge is 0.389 e. The van der Waals surface area contributed by atoms with Gasteiger partial charge in [-0.1, -0.05) is 18.2 Å². The lowest BCUT2D eigenvalue weighted by Crippen LogP contribution is -2.23. The smallest absolute Gasteiger partial charge is 0.240 e. The molecule has 0 saturated carbocycles. The fraction of sp³-hybridized carbons (Fsp3) is 0.214. The van der Waals surface area contributed by atoms with Gasteiger partial charge >= 0.3 is 0 Å². The SMILES string of the molecule is CC(O)c1cccc(S(=O)(=O)NCc2ccccn2)c1. The molecule has 1 unspecified atom stereocenters. The molecule has 6 heteroatoms. The molecule has 5 nitrogen and oxygen atoms in total. The van der Waals surface area contributed by atoms with Gasteiger partial charge in [0.05, 0.1) is 23.2 Å². The molecule has 0 radical (unpaired) electrons. The van der Waals surface area contributed by atoms with E-state index in [0.29, 0.717) is 11.3 Å². The third-order valence-electron chi connectivity index (χ3n) is 2.82. The van der Waals surface area contributed by atoms with E-state index in [4.69, 9.17) is 0 Å². The van der Waals surface area contributed by atoms with E-state index in [1.807, 2.05) is 0 Å². The molecule has 0 spiro atoms. The summed E-state index contributed by atoms with van der Waals surface area (Å²) in [5.41, 5.74) is 1.20. The van der Waals surface area contributed by atoms with E-state index in [1.165, 1.54) is 12.1 Å². The zero-order valence-corrected chi connectivity index (χ0v) is 11.8. The fourth-order valence-corrected chi connectivity index (χ4v) is 2.75. The molecule has 2 aromatic rings. The van der Waals surface area contributed by atoms with Gasteiger partial charge in [0.25, 0.3) is 0 Å². The van der Waals surface area contributed by atoms with Gasteiger partial charge in [0.2, 0.25) is 10.0 Å². The average molecular weight is 292 g/mol. The summed E-state index contributed by atoms with van der Waals surface area (Å²) in [5.74, 6) is 0. The third kappa shape index (κ3) is 3.63. The molecular formula is C14H16N2O3S. The molecule has 0 aliphatic rings. The van der Waals surface area contributed by atoms with E-state index in [0.717, 1.165) is 0 Å². The summed E-state index contributed by atoms with van der Waals surface area (Å²) in [6.07, 6.45) is 0.901. The predicted molar refractivity (Wildman–Crippen MR) is 75.3 cm³/mol. The number of rotatable bonds is 5. The summed E-state index contributed by atoms with van der Waals surface area (Å²) in [4.78, 5) is 4.19. The first kappa shape index (κ1) is 14.6. The zero-order valence-electron chi connectivity index (χ0n) is 11.0. The van der Waals surface area contributed by atoms with E-state index in [9.17, 15) is 13.5 Å². The molecule has 0 fully saturated rings. The Labute approximate surface area is 118 Å². The maximum absolute atomic E-state index is 12.2. The molecule has 1 aromatic heterocycles. The van der Waals surface area contributed by atoms with Crippen LogP contribution in [0.4, 0.5) is 0 Å². The van der Waals surface area contributed by atoms with E-state index in [-0.39, 0.29) is 11.4 Å². The fourth-order valence-electron chi connectivity index (χ4n) is 1.70. The van der Waals surface area contributed by atoms with Crippen molar-refractivity contribution in [3.8, 4) is 0 Å². The Morgan fingerprint density at radius 1 is 1.25 bits per heavy atom. The number of nitrogens with one attached hydrogen (secondary N) is 1. The number of aliphatic hydroxyl groups is 1. The van der Waals surface area contributed by atoms with Crippen LogP contribution >= 0.6 is 0 Å². The molecule has 2 N–H and O–H groups in total. The van der Waals surface area contributed by atoms with Crippen LogP contribution in [0.25, 0.3) is 0 Å². The summed E-state index contributed by atoms with van der Waals surface area (Å²) < 4.78 is 26.8. The highest BCUT2D eigenvalue weighted by molar-refractivity contribution is 7.89. The first-order valence-corrected chi connectivity index (χ1v) is 7.65. The van der Waals surface area contributed by atoms with Gasteiger partial charge in [-0.25, -0.2) is 13.1 Å². The topological polar surface area (TPSA) is 79.3 Å². The van der Waals surface area contributed by atoms with Crippen molar-refractivity contribution in [2.24, 2.45) is 0 Å². The number of sulfonamides is 1. The van der Waals surface area contributed by atoms with Crippen molar-refractivity contribution < 1.29 is 13.5 Å². The average Bonchev–Trinajstić information content (AvgIpc) is 2.46.